The van der Waals surface area contributed by atoms with Gasteiger partial charge in [0.15, 0.2) is 11.6 Å². The Morgan fingerprint density at radius 3 is 2.09 bits per heavy atom. The van der Waals surface area contributed by atoms with Crippen LogP contribution in [-0.2, 0) is 21.2 Å². The van der Waals surface area contributed by atoms with Crippen molar-refractivity contribution in [2.45, 2.75) is 11.3 Å². The minimum atomic E-state index is -4.09. The summed E-state index contributed by atoms with van der Waals surface area (Å²) >= 11 is 0. The van der Waals surface area contributed by atoms with E-state index in [2.05, 4.69) is 10.0 Å². The molecule has 1 heterocycles. The lowest BCUT2D eigenvalue weighted by atomic mass is 10.1. The molecule has 2 N–H and O–H groups in total. The van der Waals surface area contributed by atoms with E-state index in [1.165, 1.54) is 24.3 Å². The van der Waals surface area contributed by atoms with Crippen molar-refractivity contribution in [3.63, 3.8) is 0 Å². The minimum absolute atomic E-state index is 0.177. The number of carbonyl (C=O) groups is 1. The zero-order chi connectivity index (χ0) is 23.4. The van der Waals surface area contributed by atoms with Gasteiger partial charge in [-0.25, -0.2) is 17.2 Å². The van der Waals surface area contributed by atoms with E-state index < -0.39 is 26.6 Å². The van der Waals surface area contributed by atoms with Crippen LogP contribution >= 0.6 is 0 Å². The molecule has 0 atom stereocenters. The van der Waals surface area contributed by atoms with Crippen molar-refractivity contribution in [2.75, 3.05) is 10.0 Å². The first-order chi connectivity index (χ1) is 15.8. The number of sulfonamides is 1. The second-order valence-corrected chi connectivity index (χ2v) is 8.92. The maximum Gasteiger partial charge on any atom is 0.261 e. The van der Waals surface area contributed by atoms with Gasteiger partial charge in [0.1, 0.15) is 0 Å². The highest BCUT2D eigenvalue weighted by Gasteiger charge is 2.16. The van der Waals surface area contributed by atoms with Crippen LogP contribution in [0, 0.1) is 11.6 Å². The van der Waals surface area contributed by atoms with Gasteiger partial charge in [-0.1, -0.05) is 12.1 Å². The number of aromatic nitrogens is 1. The number of nitrogens with zero attached hydrogens (tertiary/aromatic N) is 1. The number of hydrogen-bond acceptors (Lipinski definition) is 3. The first kappa shape index (κ1) is 22.2. The molecule has 0 saturated heterocycles. The van der Waals surface area contributed by atoms with Gasteiger partial charge in [0, 0.05) is 29.5 Å². The molecular weight excluding hydrogens is 448 g/mol. The van der Waals surface area contributed by atoms with E-state index in [1.807, 2.05) is 53.4 Å². The van der Waals surface area contributed by atoms with Crippen molar-refractivity contribution in [1.82, 2.24) is 4.57 Å². The average Bonchev–Trinajstić information content (AvgIpc) is 3.32. The largest absolute Gasteiger partial charge is 0.326 e. The number of anilines is 2. The molecule has 4 aromatic rings. The molecule has 0 aliphatic heterocycles. The summed E-state index contributed by atoms with van der Waals surface area (Å²) in [6.45, 7) is 0. The van der Waals surface area contributed by atoms with E-state index in [-0.39, 0.29) is 18.0 Å². The van der Waals surface area contributed by atoms with Gasteiger partial charge in [-0.05, 0) is 72.3 Å². The molecule has 0 aliphatic carbocycles. The summed E-state index contributed by atoms with van der Waals surface area (Å²) in [7, 11) is -4.09. The van der Waals surface area contributed by atoms with E-state index in [0.717, 1.165) is 23.4 Å². The van der Waals surface area contributed by atoms with Crippen molar-refractivity contribution >= 4 is 27.3 Å². The normalized spacial score (nSPS) is 11.2. The van der Waals surface area contributed by atoms with Crippen LogP contribution in [-0.4, -0.2) is 18.9 Å². The van der Waals surface area contributed by atoms with Crippen molar-refractivity contribution in [1.29, 1.82) is 0 Å². The fourth-order valence-corrected chi connectivity index (χ4v) is 4.23. The summed E-state index contributed by atoms with van der Waals surface area (Å²) in [5.41, 5.74) is 2.53. The SMILES string of the molecule is O=C(Cc1ccc(-n2cccc2)cc1)Nc1ccc(NS(=O)(=O)c2ccc(F)c(F)c2)cc1. The molecule has 0 aliphatic rings. The lowest BCUT2D eigenvalue weighted by Crippen LogP contribution is -2.15. The zero-order valence-corrected chi connectivity index (χ0v) is 18.0. The van der Waals surface area contributed by atoms with E-state index in [4.69, 9.17) is 0 Å². The fourth-order valence-electron chi connectivity index (χ4n) is 3.16. The molecule has 6 nitrogen and oxygen atoms in total. The molecule has 168 valence electrons. The second kappa shape index (κ2) is 9.25. The van der Waals surface area contributed by atoms with Crippen molar-refractivity contribution in [3.05, 3.63) is 108 Å². The second-order valence-electron chi connectivity index (χ2n) is 7.24. The van der Waals surface area contributed by atoms with Gasteiger partial charge in [0.2, 0.25) is 5.91 Å². The molecule has 9 heteroatoms. The molecule has 0 bridgehead atoms. The Morgan fingerprint density at radius 2 is 1.45 bits per heavy atom. The Balaban J connectivity index is 1.36. The first-order valence-electron chi connectivity index (χ1n) is 9.90. The summed E-state index contributed by atoms with van der Waals surface area (Å²) in [4.78, 5) is 12.0. The van der Waals surface area contributed by atoms with Crippen molar-refractivity contribution in [3.8, 4) is 5.69 Å². The van der Waals surface area contributed by atoms with Crippen LogP contribution in [0.15, 0.2) is 96.2 Å². The van der Waals surface area contributed by atoms with E-state index in [9.17, 15) is 22.0 Å². The van der Waals surface area contributed by atoms with E-state index >= 15 is 0 Å². The third-order valence-corrected chi connectivity index (χ3v) is 6.20. The maximum atomic E-state index is 13.4. The van der Waals surface area contributed by atoms with Crippen LogP contribution in [0.4, 0.5) is 20.2 Å². The minimum Gasteiger partial charge on any atom is -0.326 e. The van der Waals surface area contributed by atoms with Gasteiger partial charge >= 0.3 is 0 Å². The zero-order valence-electron chi connectivity index (χ0n) is 17.2. The topological polar surface area (TPSA) is 80.2 Å². The Morgan fingerprint density at radius 1 is 0.818 bits per heavy atom. The highest BCUT2D eigenvalue weighted by molar-refractivity contribution is 7.92. The highest BCUT2D eigenvalue weighted by Crippen LogP contribution is 2.20. The lowest BCUT2D eigenvalue weighted by molar-refractivity contribution is -0.115. The summed E-state index contributed by atoms with van der Waals surface area (Å²) in [6.07, 6.45) is 4.04. The maximum absolute atomic E-state index is 13.4. The molecule has 33 heavy (non-hydrogen) atoms. The lowest BCUT2D eigenvalue weighted by Gasteiger charge is -2.10. The predicted molar refractivity (Wildman–Crippen MR) is 122 cm³/mol. The van der Waals surface area contributed by atoms with Gasteiger partial charge in [0.05, 0.1) is 11.3 Å². The standard InChI is InChI=1S/C24H19F2N3O3S/c25-22-12-11-21(16-23(22)26)33(31,32)28-19-7-5-18(6-8-19)27-24(30)15-17-3-9-20(10-4-17)29-13-1-2-14-29/h1-14,16,28H,15H2,(H,27,30). The first-order valence-corrected chi connectivity index (χ1v) is 11.4. The molecule has 3 aromatic carbocycles. The number of benzene rings is 3. The number of hydrogen-bond donors (Lipinski definition) is 2. The number of nitrogens with one attached hydrogen (secondary N) is 2. The Bertz CT molecular complexity index is 1370. The number of amides is 1. The number of carbonyl (C=O) groups excluding carboxylic acids is 1. The smallest absolute Gasteiger partial charge is 0.261 e. The summed E-state index contributed by atoms with van der Waals surface area (Å²) in [5.74, 6) is -2.61. The van der Waals surface area contributed by atoms with Gasteiger partial charge in [-0.15, -0.1) is 0 Å². The molecule has 0 saturated carbocycles. The number of halogens is 2. The third-order valence-electron chi connectivity index (χ3n) is 4.83. The van der Waals surface area contributed by atoms with Crippen LogP contribution in [0.1, 0.15) is 5.56 Å². The van der Waals surface area contributed by atoms with Crippen LogP contribution in [0.3, 0.4) is 0 Å². The van der Waals surface area contributed by atoms with Gasteiger partial charge in [0.25, 0.3) is 10.0 Å². The Hall–Kier alpha value is -3.98. The van der Waals surface area contributed by atoms with Crippen molar-refractivity contribution in [2.24, 2.45) is 0 Å². The summed E-state index contributed by atoms with van der Waals surface area (Å²) < 4.78 is 55.4. The molecule has 0 radical (unpaired) electrons. The Labute approximate surface area is 189 Å². The third kappa shape index (κ3) is 5.45. The Kier molecular flexibility index (Phi) is 6.23. The molecule has 0 spiro atoms. The van der Waals surface area contributed by atoms with Crippen LogP contribution in [0.5, 0.6) is 0 Å². The predicted octanol–water partition coefficient (Wildman–Crippen LogP) is 4.74. The fraction of sp³-hybridized carbons (Fsp3) is 0.0417. The molecule has 1 amide bonds. The van der Waals surface area contributed by atoms with Gasteiger partial charge in [-0.3, -0.25) is 9.52 Å². The molecule has 1 aromatic heterocycles. The molecule has 0 unspecified atom stereocenters. The van der Waals surface area contributed by atoms with E-state index in [1.54, 1.807) is 0 Å². The number of rotatable bonds is 7. The highest BCUT2D eigenvalue weighted by atomic mass is 32.2. The molecular formula is C24H19F2N3O3S. The molecule has 0 fully saturated rings. The summed E-state index contributed by atoms with van der Waals surface area (Å²) in [5, 5.41) is 2.76. The summed E-state index contributed by atoms with van der Waals surface area (Å²) in [6, 6.07) is 19.8. The monoisotopic (exact) mass is 467 g/mol. The quantitative estimate of drug-likeness (QED) is 0.412. The van der Waals surface area contributed by atoms with E-state index in [0.29, 0.717) is 11.8 Å². The molecule has 4 rings (SSSR count). The van der Waals surface area contributed by atoms with Gasteiger partial charge < -0.3 is 9.88 Å². The van der Waals surface area contributed by atoms with Crippen LogP contribution in [0.2, 0.25) is 0 Å². The van der Waals surface area contributed by atoms with Crippen LogP contribution < -0.4 is 10.0 Å². The van der Waals surface area contributed by atoms with Crippen LogP contribution in [0.25, 0.3) is 5.69 Å². The van der Waals surface area contributed by atoms with Crippen molar-refractivity contribution < 1.29 is 22.0 Å². The van der Waals surface area contributed by atoms with Gasteiger partial charge in [-0.2, -0.15) is 0 Å². The average molecular weight is 467 g/mol.